The SMILES string of the molecule is C1CCNCC1.N=C=S. The van der Waals surface area contributed by atoms with Crippen molar-refractivity contribution in [2.75, 3.05) is 13.1 Å². The second-order valence-corrected chi connectivity index (χ2v) is 2.12. The molecular formula is C6H12N2S. The summed E-state index contributed by atoms with van der Waals surface area (Å²) in [5.74, 6) is 0. The van der Waals surface area contributed by atoms with Gasteiger partial charge in [-0.05, 0) is 38.1 Å². The van der Waals surface area contributed by atoms with Crippen LogP contribution in [0.25, 0.3) is 0 Å². The van der Waals surface area contributed by atoms with Gasteiger partial charge in [0.25, 0.3) is 0 Å². The van der Waals surface area contributed by atoms with Gasteiger partial charge in [-0.2, -0.15) is 0 Å². The number of nitrogens with one attached hydrogen (secondary N) is 2. The predicted octanol–water partition coefficient (Wildman–Crippen LogP) is 1.43. The molecule has 1 aliphatic rings. The largest absolute Gasteiger partial charge is 0.317 e. The molecule has 1 fully saturated rings. The minimum atomic E-state index is 1.25. The van der Waals surface area contributed by atoms with Crippen molar-refractivity contribution in [3.8, 4) is 0 Å². The van der Waals surface area contributed by atoms with Crippen molar-refractivity contribution in [1.82, 2.24) is 5.32 Å². The van der Waals surface area contributed by atoms with Gasteiger partial charge < -0.3 is 5.32 Å². The summed E-state index contributed by atoms with van der Waals surface area (Å²) < 4.78 is 0. The van der Waals surface area contributed by atoms with Crippen LogP contribution in [-0.4, -0.2) is 18.3 Å². The minimum Gasteiger partial charge on any atom is -0.317 e. The number of hydrogen-bond donors (Lipinski definition) is 2. The molecule has 0 radical (unpaired) electrons. The van der Waals surface area contributed by atoms with E-state index in [0.29, 0.717) is 0 Å². The Kier molecular flexibility index (Phi) is 7.55. The Morgan fingerprint density at radius 1 is 1.22 bits per heavy atom. The molecule has 0 saturated carbocycles. The predicted molar refractivity (Wildman–Crippen MR) is 42.0 cm³/mol. The van der Waals surface area contributed by atoms with E-state index >= 15 is 0 Å². The van der Waals surface area contributed by atoms with Gasteiger partial charge in [-0.1, -0.05) is 6.42 Å². The molecule has 1 heterocycles. The maximum Gasteiger partial charge on any atom is 0.0554 e. The first-order valence-electron chi connectivity index (χ1n) is 3.16. The van der Waals surface area contributed by atoms with Gasteiger partial charge in [0.05, 0.1) is 5.16 Å². The summed E-state index contributed by atoms with van der Waals surface area (Å²) >= 11 is 3.81. The van der Waals surface area contributed by atoms with E-state index in [4.69, 9.17) is 5.41 Å². The van der Waals surface area contributed by atoms with Crippen molar-refractivity contribution in [2.24, 2.45) is 0 Å². The summed E-state index contributed by atoms with van der Waals surface area (Å²) in [6, 6.07) is 0. The molecule has 0 aromatic carbocycles. The van der Waals surface area contributed by atoms with Crippen LogP contribution in [0.5, 0.6) is 0 Å². The van der Waals surface area contributed by atoms with Crippen molar-refractivity contribution in [3.05, 3.63) is 0 Å². The lowest BCUT2D eigenvalue weighted by molar-refractivity contribution is 0.520. The number of rotatable bonds is 0. The van der Waals surface area contributed by atoms with Crippen LogP contribution in [-0.2, 0) is 0 Å². The van der Waals surface area contributed by atoms with Crippen LogP contribution in [0.2, 0.25) is 0 Å². The molecule has 0 spiro atoms. The fourth-order valence-corrected chi connectivity index (χ4v) is 0.802. The van der Waals surface area contributed by atoms with Crippen molar-refractivity contribution in [2.45, 2.75) is 19.3 Å². The second kappa shape index (κ2) is 7.76. The monoisotopic (exact) mass is 144 g/mol. The molecule has 9 heavy (non-hydrogen) atoms. The van der Waals surface area contributed by atoms with Gasteiger partial charge in [0.1, 0.15) is 0 Å². The Balaban J connectivity index is 0.000000187. The van der Waals surface area contributed by atoms with Gasteiger partial charge in [-0.15, -0.1) is 0 Å². The first-order valence-corrected chi connectivity index (χ1v) is 3.57. The highest BCUT2D eigenvalue weighted by molar-refractivity contribution is 7.78. The van der Waals surface area contributed by atoms with Crippen LogP contribution >= 0.6 is 12.2 Å². The highest BCUT2D eigenvalue weighted by Crippen LogP contribution is 1.96. The number of piperidine rings is 1. The Hall–Kier alpha value is -0.240. The molecule has 0 unspecified atom stereocenters. The molecule has 0 aromatic rings. The van der Waals surface area contributed by atoms with Crippen molar-refractivity contribution >= 4 is 17.4 Å². The fraction of sp³-hybridized carbons (Fsp3) is 0.833. The number of thiocarbonyl (C=S) groups is 1. The van der Waals surface area contributed by atoms with Gasteiger partial charge in [0, 0.05) is 0 Å². The Bertz CT molecular complexity index is 71.5. The maximum absolute atomic E-state index is 5.77. The third-order valence-corrected chi connectivity index (χ3v) is 1.21. The van der Waals surface area contributed by atoms with Crippen LogP contribution in [0.4, 0.5) is 0 Å². The zero-order valence-electron chi connectivity index (χ0n) is 5.44. The number of hydrogen-bond acceptors (Lipinski definition) is 3. The van der Waals surface area contributed by atoms with E-state index in [1.54, 1.807) is 5.16 Å². The van der Waals surface area contributed by atoms with E-state index in [1.165, 1.54) is 32.4 Å². The molecule has 2 N–H and O–H groups in total. The van der Waals surface area contributed by atoms with E-state index in [-0.39, 0.29) is 0 Å². The smallest absolute Gasteiger partial charge is 0.0554 e. The summed E-state index contributed by atoms with van der Waals surface area (Å²) in [5, 5.41) is 10.6. The van der Waals surface area contributed by atoms with Crippen LogP contribution in [0.15, 0.2) is 0 Å². The summed E-state index contributed by atoms with van der Waals surface area (Å²) in [6.07, 6.45) is 4.22. The normalized spacial score (nSPS) is 16.9. The van der Waals surface area contributed by atoms with E-state index in [0.717, 1.165) is 0 Å². The maximum atomic E-state index is 5.77. The lowest BCUT2D eigenvalue weighted by atomic mass is 10.2. The number of isothiocyanates is 1. The summed E-state index contributed by atoms with van der Waals surface area (Å²) in [7, 11) is 0. The van der Waals surface area contributed by atoms with Crippen LogP contribution in [0.1, 0.15) is 19.3 Å². The lowest BCUT2D eigenvalue weighted by Gasteiger charge is -2.08. The third kappa shape index (κ3) is 7.76. The van der Waals surface area contributed by atoms with E-state index in [1.807, 2.05) is 0 Å². The minimum absolute atomic E-state index is 1.25. The molecule has 1 aliphatic heterocycles. The topological polar surface area (TPSA) is 35.9 Å². The first kappa shape index (κ1) is 8.76. The highest BCUT2D eigenvalue weighted by atomic mass is 32.1. The zero-order valence-corrected chi connectivity index (χ0v) is 6.26. The molecule has 0 aliphatic carbocycles. The standard InChI is InChI=1S/C5H11N.CHNS/c1-2-4-6-5-3-1;2-1-3/h6H,1-5H2;2H. The molecule has 1 rings (SSSR count). The molecule has 1 saturated heterocycles. The third-order valence-electron chi connectivity index (χ3n) is 1.21. The molecule has 0 aromatic heterocycles. The van der Waals surface area contributed by atoms with Gasteiger partial charge in [-0.25, -0.2) is 5.41 Å². The average molecular weight is 144 g/mol. The van der Waals surface area contributed by atoms with E-state index in [2.05, 4.69) is 17.5 Å². The summed E-state index contributed by atoms with van der Waals surface area (Å²) in [4.78, 5) is 0. The van der Waals surface area contributed by atoms with E-state index in [9.17, 15) is 0 Å². The van der Waals surface area contributed by atoms with Gasteiger partial charge in [0.15, 0.2) is 0 Å². The highest BCUT2D eigenvalue weighted by Gasteiger charge is 1.93. The summed E-state index contributed by atoms with van der Waals surface area (Å²) in [5.41, 5.74) is 0. The lowest BCUT2D eigenvalue weighted by Crippen LogP contribution is -2.21. The van der Waals surface area contributed by atoms with Crippen molar-refractivity contribution in [1.29, 1.82) is 5.41 Å². The Morgan fingerprint density at radius 3 is 1.78 bits per heavy atom. The van der Waals surface area contributed by atoms with Crippen LogP contribution in [0.3, 0.4) is 0 Å². The second-order valence-electron chi connectivity index (χ2n) is 1.91. The van der Waals surface area contributed by atoms with Gasteiger partial charge in [-0.3, -0.25) is 0 Å². The van der Waals surface area contributed by atoms with Gasteiger partial charge >= 0.3 is 0 Å². The molecule has 0 atom stereocenters. The quantitative estimate of drug-likeness (QED) is 0.398. The molecular weight excluding hydrogens is 132 g/mol. The van der Waals surface area contributed by atoms with Crippen molar-refractivity contribution in [3.63, 3.8) is 0 Å². The van der Waals surface area contributed by atoms with Crippen molar-refractivity contribution < 1.29 is 0 Å². The first-order chi connectivity index (χ1) is 4.41. The Labute approximate surface area is 61.2 Å². The summed E-state index contributed by atoms with van der Waals surface area (Å²) in [6.45, 7) is 2.50. The van der Waals surface area contributed by atoms with E-state index < -0.39 is 0 Å². The molecule has 3 heteroatoms. The van der Waals surface area contributed by atoms with Crippen LogP contribution in [0, 0.1) is 5.41 Å². The fourth-order valence-electron chi connectivity index (χ4n) is 0.802. The molecule has 2 nitrogen and oxygen atoms in total. The van der Waals surface area contributed by atoms with Gasteiger partial charge in [0.2, 0.25) is 0 Å². The zero-order chi connectivity index (χ0) is 6.95. The van der Waals surface area contributed by atoms with Crippen LogP contribution < -0.4 is 5.32 Å². The molecule has 0 amide bonds. The molecule has 0 bridgehead atoms. The Morgan fingerprint density at radius 2 is 1.67 bits per heavy atom. The molecule has 52 valence electrons. The average Bonchev–Trinajstić information content (AvgIpc) is 1.93.